The van der Waals surface area contributed by atoms with E-state index < -0.39 is 10.9 Å². The standard InChI is InChI=1S/C12H11N3O4S/c16-12(17)9-1-2-10(15(18)19)11(14-9)13-5-3-8-4-6-20-7-8/h1-2,4,6-7H,3,5H2,(H,13,14)(H,16,17). The second-order valence-electron chi connectivity index (χ2n) is 3.93. The van der Waals surface area contributed by atoms with Gasteiger partial charge in [0.15, 0.2) is 5.69 Å². The lowest BCUT2D eigenvalue weighted by Crippen LogP contribution is -2.11. The molecule has 2 heterocycles. The average Bonchev–Trinajstić information content (AvgIpc) is 2.91. The minimum atomic E-state index is -1.22. The topological polar surface area (TPSA) is 105 Å². The third kappa shape index (κ3) is 3.29. The number of carboxylic acid groups (broad SMARTS) is 1. The van der Waals surface area contributed by atoms with Crippen molar-refractivity contribution < 1.29 is 14.8 Å². The lowest BCUT2D eigenvalue weighted by Gasteiger charge is -2.06. The zero-order valence-electron chi connectivity index (χ0n) is 10.3. The summed E-state index contributed by atoms with van der Waals surface area (Å²) < 4.78 is 0. The van der Waals surface area contributed by atoms with E-state index in [1.54, 1.807) is 11.3 Å². The summed E-state index contributed by atoms with van der Waals surface area (Å²) in [6.07, 6.45) is 0.680. The summed E-state index contributed by atoms with van der Waals surface area (Å²) in [4.78, 5) is 24.9. The number of carboxylic acids is 1. The molecular formula is C12H11N3O4S. The molecule has 7 nitrogen and oxygen atoms in total. The van der Waals surface area contributed by atoms with Gasteiger partial charge in [0.25, 0.3) is 0 Å². The number of rotatable bonds is 6. The predicted octanol–water partition coefficient (Wildman–Crippen LogP) is 2.40. The molecule has 0 unspecified atom stereocenters. The molecule has 0 saturated carbocycles. The molecule has 2 aromatic heterocycles. The number of carbonyl (C=O) groups is 1. The number of aromatic nitrogens is 1. The molecule has 2 N–H and O–H groups in total. The predicted molar refractivity (Wildman–Crippen MR) is 74.4 cm³/mol. The first kappa shape index (κ1) is 13.9. The highest BCUT2D eigenvalue weighted by Crippen LogP contribution is 2.22. The molecule has 0 atom stereocenters. The molecule has 0 aliphatic heterocycles. The van der Waals surface area contributed by atoms with Gasteiger partial charge in [-0.05, 0) is 34.9 Å². The van der Waals surface area contributed by atoms with E-state index in [0.29, 0.717) is 13.0 Å². The van der Waals surface area contributed by atoms with Gasteiger partial charge in [-0.2, -0.15) is 11.3 Å². The van der Waals surface area contributed by atoms with Gasteiger partial charge in [-0.1, -0.05) is 0 Å². The second-order valence-corrected chi connectivity index (χ2v) is 4.71. The Bertz CT molecular complexity index is 628. The summed E-state index contributed by atoms with van der Waals surface area (Å²) >= 11 is 1.57. The van der Waals surface area contributed by atoms with Crippen molar-refractivity contribution in [1.29, 1.82) is 0 Å². The molecule has 0 bridgehead atoms. The molecule has 0 aliphatic rings. The maximum Gasteiger partial charge on any atom is 0.354 e. The first-order chi connectivity index (χ1) is 9.58. The lowest BCUT2D eigenvalue weighted by molar-refractivity contribution is -0.384. The molecule has 104 valence electrons. The van der Waals surface area contributed by atoms with E-state index in [2.05, 4.69) is 10.3 Å². The minimum Gasteiger partial charge on any atom is -0.477 e. The molecule has 0 aromatic carbocycles. The van der Waals surface area contributed by atoms with Crippen molar-refractivity contribution in [2.75, 3.05) is 11.9 Å². The van der Waals surface area contributed by atoms with Gasteiger partial charge in [0.2, 0.25) is 5.82 Å². The Hall–Kier alpha value is -2.48. The number of hydrogen-bond acceptors (Lipinski definition) is 6. The highest BCUT2D eigenvalue weighted by atomic mass is 32.1. The fraction of sp³-hybridized carbons (Fsp3) is 0.167. The molecule has 0 saturated heterocycles. The Morgan fingerprint density at radius 1 is 1.45 bits per heavy atom. The van der Waals surface area contributed by atoms with Crippen LogP contribution in [0.15, 0.2) is 29.0 Å². The third-order valence-electron chi connectivity index (χ3n) is 2.58. The minimum absolute atomic E-state index is 0.0230. The van der Waals surface area contributed by atoms with Crippen LogP contribution in [0.4, 0.5) is 11.5 Å². The fourth-order valence-corrected chi connectivity index (χ4v) is 2.31. The molecule has 20 heavy (non-hydrogen) atoms. The quantitative estimate of drug-likeness (QED) is 0.626. The van der Waals surface area contributed by atoms with Crippen molar-refractivity contribution in [3.05, 3.63) is 50.3 Å². The number of nitro groups is 1. The van der Waals surface area contributed by atoms with Gasteiger partial charge in [-0.15, -0.1) is 0 Å². The van der Waals surface area contributed by atoms with E-state index in [1.165, 1.54) is 0 Å². The molecular weight excluding hydrogens is 282 g/mol. The Labute approximate surface area is 118 Å². The van der Waals surface area contributed by atoms with E-state index >= 15 is 0 Å². The molecule has 0 aliphatic carbocycles. The monoisotopic (exact) mass is 293 g/mol. The summed E-state index contributed by atoms with van der Waals surface area (Å²) in [6, 6.07) is 4.22. The highest BCUT2D eigenvalue weighted by Gasteiger charge is 2.17. The molecule has 0 spiro atoms. The van der Waals surface area contributed by atoms with E-state index in [0.717, 1.165) is 17.7 Å². The van der Waals surface area contributed by atoms with Gasteiger partial charge in [0.1, 0.15) is 0 Å². The average molecular weight is 293 g/mol. The van der Waals surface area contributed by atoms with E-state index in [4.69, 9.17) is 5.11 Å². The van der Waals surface area contributed by atoms with Crippen molar-refractivity contribution in [3.63, 3.8) is 0 Å². The van der Waals surface area contributed by atoms with Crippen LogP contribution in [0.5, 0.6) is 0 Å². The van der Waals surface area contributed by atoms with Crippen LogP contribution >= 0.6 is 11.3 Å². The van der Waals surface area contributed by atoms with E-state index in [1.807, 2.05) is 16.8 Å². The Kier molecular flexibility index (Phi) is 4.26. The van der Waals surface area contributed by atoms with Crippen LogP contribution in [0.1, 0.15) is 16.1 Å². The second kappa shape index (κ2) is 6.11. The van der Waals surface area contributed by atoms with Crippen LogP contribution in [0, 0.1) is 10.1 Å². The third-order valence-corrected chi connectivity index (χ3v) is 3.31. The number of nitrogens with zero attached hydrogens (tertiary/aromatic N) is 2. The molecule has 2 aromatic rings. The van der Waals surface area contributed by atoms with Crippen LogP contribution in [0.2, 0.25) is 0 Å². The Morgan fingerprint density at radius 2 is 2.25 bits per heavy atom. The van der Waals surface area contributed by atoms with Crippen LogP contribution in [0.3, 0.4) is 0 Å². The van der Waals surface area contributed by atoms with Crippen molar-refractivity contribution >= 4 is 28.8 Å². The van der Waals surface area contributed by atoms with Crippen LogP contribution in [-0.2, 0) is 6.42 Å². The number of pyridine rings is 1. The van der Waals surface area contributed by atoms with Crippen LogP contribution in [-0.4, -0.2) is 27.5 Å². The van der Waals surface area contributed by atoms with Gasteiger partial charge in [-0.25, -0.2) is 9.78 Å². The van der Waals surface area contributed by atoms with Gasteiger partial charge in [0, 0.05) is 12.6 Å². The maximum absolute atomic E-state index is 10.9. The summed E-state index contributed by atoms with van der Waals surface area (Å²) in [5.74, 6) is -1.24. The maximum atomic E-state index is 10.9. The number of hydrogen-bond donors (Lipinski definition) is 2. The molecule has 8 heteroatoms. The first-order valence-electron chi connectivity index (χ1n) is 5.71. The first-order valence-corrected chi connectivity index (χ1v) is 6.66. The lowest BCUT2D eigenvalue weighted by atomic mass is 10.2. The van der Waals surface area contributed by atoms with E-state index in [-0.39, 0.29) is 17.2 Å². The SMILES string of the molecule is O=C(O)c1ccc([N+](=O)[O-])c(NCCc2ccsc2)n1. The highest BCUT2D eigenvalue weighted by molar-refractivity contribution is 7.07. The summed E-state index contributed by atoms with van der Waals surface area (Å²) in [7, 11) is 0. The number of nitrogens with one attached hydrogen (secondary N) is 1. The fourth-order valence-electron chi connectivity index (χ4n) is 1.61. The van der Waals surface area contributed by atoms with Gasteiger partial charge in [-0.3, -0.25) is 10.1 Å². The van der Waals surface area contributed by atoms with Crippen LogP contribution < -0.4 is 5.32 Å². The van der Waals surface area contributed by atoms with Gasteiger partial charge in [0.05, 0.1) is 4.92 Å². The number of aromatic carboxylic acids is 1. The zero-order valence-corrected chi connectivity index (χ0v) is 11.1. The Balaban J connectivity index is 2.13. The van der Waals surface area contributed by atoms with E-state index in [9.17, 15) is 14.9 Å². The summed E-state index contributed by atoms with van der Waals surface area (Å²) in [5, 5.41) is 26.5. The smallest absolute Gasteiger partial charge is 0.354 e. The number of thiophene rings is 1. The van der Waals surface area contributed by atoms with Crippen molar-refractivity contribution in [2.45, 2.75) is 6.42 Å². The van der Waals surface area contributed by atoms with Gasteiger partial charge < -0.3 is 10.4 Å². The summed E-state index contributed by atoms with van der Waals surface area (Å²) in [5.41, 5.74) is 0.647. The van der Waals surface area contributed by atoms with Gasteiger partial charge >= 0.3 is 11.7 Å². The number of anilines is 1. The normalized spacial score (nSPS) is 10.2. The Morgan fingerprint density at radius 3 is 2.85 bits per heavy atom. The van der Waals surface area contributed by atoms with Crippen molar-refractivity contribution in [2.24, 2.45) is 0 Å². The summed E-state index contributed by atoms with van der Waals surface area (Å²) in [6.45, 7) is 0.438. The van der Waals surface area contributed by atoms with Crippen molar-refractivity contribution in [3.8, 4) is 0 Å². The zero-order chi connectivity index (χ0) is 14.5. The molecule has 2 rings (SSSR count). The largest absolute Gasteiger partial charge is 0.477 e. The van der Waals surface area contributed by atoms with Crippen LogP contribution in [0.25, 0.3) is 0 Å². The molecule has 0 radical (unpaired) electrons. The molecule has 0 amide bonds. The van der Waals surface area contributed by atoms with Crippen molar-refractivity contribution in [1.82, 2.24) is 4.98 Å². The molecule has 0 fully saturated rings.